The normalized spacial score (nSPS) is 28.9. The van der Waals surface area contributed by atoms with Crippen LogP contribution in [-0.2, 0) is 0 Å². The lowest BCUT2D eigenvalue weighted by Crippen LogP contribution is -2.47. The van der Waals surface area contributed by atoms with E-state index in [0.717, 1.165) is 18.9 Å². The summed E-state index contributed by atoms with van der Waals surface area (Å²) < 4.78 is 0. The van der Waals surface area contributed by atoms with E-state index in [4.69, 9.17) is 0 Å². The van der Waals surface area contributed by atoms with E-state index in [-0.39, 0.29) is 6.03 Å². The Morgan fingerprint density at radius 1 is 1.05 bits per heavy atom. The SMILES string of the molecule is CC1CCCCC1NC(=O)N(C)CC1CCCCC1. The molecule has 2 saturated carbocycles. The third kappa shape index (κ3) is 4.39. The van der Waals surface area contributed by atoms with Gasteiger partial charge in [0, 0.05) is 19.6 Å². The summed E-state index contributed by atoms with van der Waals surface area (Å²) in [7, 11) is 1.96. The fourth-order valence-electron chi connectivity index (χ4n) is 3.64. The maximum Gasteiger partial charge on any atom is 0.317 e. The van der Waals surface area contributed by atoms with Crippen LogP contribution in [0.5, 0.6) is 0 Å². The number of urea groups is 1. The van der Waals surface area contributed by atoms with Gasteiger partial charge in [0.1, 0.15) is 0 Å². The van der Waals surface area contributed by atoms with Crippen molar-refractivity contribution in [2.45, 2.75) is 70.8 Å². The topological polar surface area (TPSA) is 32.3 Å². The van der Waals surface area contributed by atoms with Gasteiger partial charge in [-0.05, 0) is 37.5 Å². The van der Waals surface area contributed by atoms with Crippen LogP contribution in [0.25, 0.3) is 0 Å². The van der Waals surface area contributed by atoms with Gasteiger partial charge < -0.3 is 10.2 Å². The number of amides is 2. The van der Waals surface area contributed by atoms with Gasteiger partial charge in [-0.15, -0.1) is 0 Å². The lowest BCUT2D eigenvalue weighted by Gasteiger charge is -2.32. The molecule has 3 nitrogen and oxygen atoms in total. The molecule has 0 spiro atoms. The molecule has 0 aromatic rings. The predicted molar refractivity (Wildman–Crippen MR) is 79.2 cm³/mol. The molecule has 3 heteroatoms. The second-order valence-corrected chi connectivity index (χ2v) is 6.70. The summed E-state index contributed by atoms with van der Waals surface area (Å²) >= 11 is 0. The van der Waals surface area contributed by atoms with Crippen LogP contribution in [0.2, 0.25) is 0 Å². The summed E-state index contributed by atoms with van der Waals surface area (Å²) in [6, 6.07) is 0.541. The van der Waals surface area contributed by atoms with Gasteiger partial charge in [-0.3, -0.25) is 0 Å². The number of nitrogens with zero attached hydrogens (tertiary/aromatic N) is 1. The summed E-state index contributed by atoms with van der Waals surface area (Å²) in [6.07, 6.45) is 11.7. The second kappa shape index (κ2) is 7.16. The maximum absolute atomic E-state index is 12.2. The Labute approximate surface area is 118 Å². The van der Waals surface area contributed by atoms with Gasteiger partial charge in [-0.2, -0.15) is 0 Å². The first-order chi connectivity index (χ1) is 9.16. The summed E-state index contributed by atoms with van der Waals surface area (Å²) in [5, 5.41) is 3.24. The molecular formula is C16H30N2O. The number of rotatable bonds is 3. The molecule has 2 unspecified atom stereocenters. The number of hydrogen-bond acceptors (Lipinski definition) is 1. The van der Waals surface area contributed by atoms with Gasteiger partial charge in [-0.25, -0.2) is 4.79 Å². The Balaban J connectivity index is 1.74. The summed E-state index contributed by atoms with van der Waals surface area (Å²) in [6.45, 7) is 3.21. The van der Waals surface area contributed by atoms with Crippen LogP contribution >= 0.6 is 0 Å². The highest BCUT2D eigenvalue weighted by Gasteiger charge is 2.25. The zero-order valence-corrected chi connectivity index (χ0v) is 12.7. The van der Waals surface area contributed by atoms with Crippen LogP contribution < -0.4 is 5.32 Å². The fourth-order valence-corrected chi connectivity index (χ4v) is 3.64. The number of carbonyl (C=O) groups excluding carboxylic acids is 1. The number of carbonyl (C=O) groups is 1. The minimum absolute atomic E-state index is 0.143. The van der Waals surface area contributed by atoms with E-state index < -0.39 is 0 Å². The minimum atomic E-state index is 0.143. The van der Waals surface area contributed by atoms with Crippen LogP contribution in [-0.4, -0.2) is 30.6 Å². The first-order valence-electron chi connectivity index (χ1n) is 8.18. The van der Waals surface area contributed by atoms with Gasteiger partial charge in [0.2, 0.25) is 0 Å². The van der Waals surface area contributed by atoms with Crippen LogP contribution in [0, 0.1) is 11.8 Å². The molecule has 0 radical (unpaired) electrons. The molecule has 2 aliphatic rings. The van der Waals surface area contributed by atoms with E-state index >= 15 is 0 Å². The van der Waals surface area contributed by atoms with Crippen LogP contribution in [0.4, 0.5) is 4.79 Å². The zero-order valence-electron chi connectivity index (χ0n) is 12.7. The molecule has 2 aliphatic carbocycles. The molecular weight excluding hydrogens is 236 g/mol. The first kappa shape index (κ1) is 14.7. The molecule has 19 heavy (non-hydrogen) atoms. The standard InChI is InChI=1S/C16H30N2O/c1-13-8-6-7-11-15(13)17-16(19)18(2)12-14-9-4-3-5-10-14/h13-15H,3-12H2,1-2H3,(H,17,19). The van der Waals surface area contributed by atoms with Crippen molar-refractivity contribution < 1.29 is 4.79 Å². The van der Waals surface area contributed by atoms with Gasteiger partial charge in [0.15, 0.2) is 0 Å². The Bertz CT molecular complexity index is 286. The minimum Gasteiger partial charge on any atom is -0.335 e. The predicted octanol–water partition coefficient (Wildman–Crippen LogP) is 3.79. The van der Waals surface area contributed by atoms with Gasteiger partial charge in [0.05, 0.1) is 0 Å². The fraction of sp³-hybridized carbons (Fsp3) is 0.938. The van der Waals surface area contributed by atoms with E-state index in [1.54, 1.807) is 0 Å². The largest absolute Gasteiger partial charge is 0.335 e. The van der Waals surface area contributed by atoms with E-state index in [1.807, 2.05) is 11.9 Å². The van der Waals surface area contributed by atoms with E-state index in [0.29, 0.717) is 12.0 Å². The smallest absolute Gasteiger partial charge is 0.317 e. The molecule has 2 rings (SSSR count). The molecule has 0 aromatic heterocycles. The number of hydrogen-bond donors (Lipinski definition) is 1. The highest BCUT2D eigenvalue weighted by Crippen LogP contribution is 2.25. The van der Waals surface area contributed by atoms with Crippen molar-refractivity contribution in [2.24, 2.45) is 11.8 Å². The molecule has 110 valence electrons. The second-order valence-electron chi connectivity index (χ2n) is 6.70. The molecule has 0 saturated heterocycles. The highest BCUT2D eigenvalue weighted by atomic mass is 16.2. The van der Waals surface area contributed by atoms with Crippen LogP contribution in [0.1, 0.15) is 64.7 Å². The number of nitrogens with one attached hydrogen (secondary N) is 1. The third-order valence-electron chi connectivity index (χ3n) is 5.02. The Kier molecular flexibility index (Phi) is 5.53. The monoisotopic (exact) mass is 266 g/mol. The van der Waals surface area contributed by atoms with Crippen LogP contribution in [0.3, 0.4) is 0 Å². The van der Waals surface area contributed by atoms with Crippen molar-refractivity contribution in [1.29, 1.82) is 0 Å². The van der Waals surface area contributed by atoms with E-state index in [2.05, 4.69) is 12.2 Å². The molecule has 0 heterocycles. The van der Waals surface area contributed by atoms with E-state index in [9.17, 15) is 4.79 Å². The summed E-state index contributed by atoms with van der Waals surface area (Å²) in [4.78, 5) is 14.2. The van der Waals surface area contributed by atoms with Gasteiger partial charge in [-0.1, -0.05) is 39.0 Å². The van der Waals surface area contributed by atoms with Crippen molar-refractivity contribution >= 4 is 6.03 Å². The average Bonchev–Trinajstić information content (AvgIpc) is 2.42. The Hall–Kier alpha value is -0.730. The summed E-state index contributed by atoms with van der Waals surface area (Å²) in [5.41, 5.74) is 0. The van der Waals surface area contributed by atoms with Crippen molar-refractivity contribution in [3.63, 3.8) is 0 Å². The Morgan fingerprint density at radius 2 is 1.68 bits per heavy atom. The molecule has 0 aromatic carbocycles. The molecule has 2 amide bonds. The van der Waals surface area contributed by atoms with Gasteiger partial charge >= 0.3 is 6.03 Å². The maximum atomic E-state index is 12.2. The third-order valence-corrected chi connectivity index (χ3v) is 5.02. The summed E-state index contributed by atoms with van der Waals surface area (Å²) in [5.74, 6) is 1.37. The molecule has 2 fully saturated rings. The van der Waals surface area contributed by atoms with Crippen molar-refractivity contribution in [3.8, 4) is 0 Å². The lowest BCUT2D eigenvalue weighted by atomic mass is 9.86. The zero-order chi connectivity index (χ0) is 13.7. The first-order valence-corrected chi connectivity index (χ1v) is 8.18. The quantitative estimate of drug-likeness (QED) is 0.828. The Morgan fingerprint density at radius 3 is 2.37 bits per heavy atom. The molecule has 1 N–H and O–H groups in total. The van der Waals surface area contributed by atoms with Crippen LogP contribution in [0.15, 0.2) is 0 Å². The molecule has 2 atom stereocenters. The van der Waals surface area contributed by atoms with Crippen molar-refractivity contribution in [1.82, 2.24) is 10.2 Å². The molecule has 0 aliphatic heterocycles. The average molecular weight is 266 g/mol. The molecule has 0 bridgehead atoms. The van der Waals surface area contributed by atoms with E-state index in [1.165, 1.54) is 51.4 Å². The van der Waals surface area contributed by atoms with Crippen molar-refractivity contribution in [2.75, 3.05) is 13.6 Å². The highest BCUT2D eigenvalue weighted by molar-refractivity contribution is 5.74. The lowest BCUT2D eigenvalue weighted by molar-refractivity contribution is 0.178. The van der Waals surface area contributed by atoms with Gasteiger partial charge in [0.25, 0.3) is 0 Å². The van der Waals surface area contributed by atoms with Crippen molar-refractivity contribution in [3.05, 3.63) is 0 Å².